The molecule has 2 heterocycles. The van der Waals surface area contributed by atoms with Crippen molar-refractivity contribution in [2.75, 3.05) is 19.8 Å². The fourth-order valence-electron chi connectivity index (χ4n) is 2.01. The van der Waals surface area contributed by atoms with Gasteiger partial charge in [0.15, 0.2) is 0 Å². The maximum Gasteiger partial charge on any atom is 0.270 e. The number of nitrogens with one attached hydrogen (secondary N) is 1. The van der Waals surface area contributed by atoms with Crippen LogP contribution in [0.5, 0.6) is 0 Å². The molecule has 0 bridgehead atoms. The van der Waals surface area contributed by atoms with Gasteiger partial charge in [-0.05, 0) is 30.9 Å². The van der Waals surface area contributed by atoms with E-state index in [-0.39, 0.29) is 16.5 Å². The van der Waals surface area contributed by atoms with Gasteiger partial charge in [-0.3, -0.25) is 4.79 Å². The Morgan fingerprint density at radius 2 is 2.10 bits per heavy atom. The topological polar surface area (TPSA) is 72.5 Å². The number of carbonyl (C=O) groups excluding carboxylic acids is 1. The lowest BCUT2D eigenvalue weighted by molar-refractivity contribution is -0.120. The normalized spacial score (nSPS) is 17.1. The van der Waals surface area contributed by atoms with E-state index in [1.54, 1.807) is 6.07 Å². The van der Waals surface area contributed by atoms with Crippen molar-refractivity contribution in [2.24, 2.45) is 5.92 Å². The lowest BCUT2D eigenvalue weighted by Gasteiger charge is -2.22. The second-order valence-corrected chi connectivity index (χ2v) is 8.66. The van der Waals surface area contributed by atoms with E-state index in [9.17, 15) is 13.2 Å². The highest BCUT2D eigenvalue weighted by Crippen LogP contribution is 2.25. The Morgan fingerprint density at radius 3 is 2.70 bits per heavy atom. The number of hydrogen-bond donors (Lipinski definition) is 1. The summed E-state index contributed by atoms with van der Waals surface area (Å²) >= 11 is 1.03. The molecule has 0 saturated carbocycles. The molecule has 0 spiro atoms. The van der Waals surface area contributed by atoms with Gasteiger partial charge < -0.3 is 10.1 Å². The monoisotopic (exact) mass is 337 g/mol. The van der Waals surface area contributed by atoms with Crippen molar-refractivity contribution >= 4 is 37.0 Å². The molecule has 1 aromatic rings. The maximum absolute atomic E-state index is 11.8. The first-order valence-electron chi connectivity index (χ1n) is 6.33. The molecular weight excluding hydrogens is 322 g/mol. The minimum Gasteiger partial charge on any atom is -0.381 e. The summed E-state index contributed by atoms with van der Waals surface area (Å²) in [5.41, 5.74) is 0. The van der Waals surface area contributed by atoms with Crippen molar-refractivity contribution in [3.05, 3.63) is 17.0 Å². The third kappa shape index (κ3) is 4.73. The molecule has 0 unspecified atom stereocenters. The van der Waals surface area contributed by atoms with Gasteiger partial charge in [0, 0.05) is 35.3 Å². The van der Waals surface area contributed by atoms with E-state index >= 15 is 0 Å². The third-order valence-electron chi connectivity index (χ3n) is 3.14. The summed E-state index contributed by atoms with van der Waals surface area (Å²) in [6, 6.07) is 3.04. The highest BCUT2D eigenvalue weighted by molar-refractivity contribution is 8.15. The second kappa shape index (κ2) is 6.89. The number of ether oxygens (including phenoxy) is 1. The Morgan fingerprint density at radius 1 is 1.40 bits per heavy atom. The summed E-state index contributed by atoms with van der Waals surface area (Å²) in [4.78, 5) is 12.5. The summed E-state index contributed by atoms with van der Waals surface area (Å²) in [7, 11) is 1.54. The molecular formula is C12H16ClNO4S2. The molecule has 5 nitrogen and oxygen atoms in total. The van der Waals surface area contributed by atoms with Crippen LogP contribution in [0.1, 0.15) is 17.7 Å². The van der Waals surface area contributed by atoms with Crippen molar-refractivity contribution in [1.29, 1.82) is 0 Å². The summed E-state index contributed by atoms with van der Waals surface area (Å²) in [6.45, 7) is 2.15. The quantitative estimate of drug-likeness (QED) is 0.831. The Bertz CT molecular complexity index is 564. The minimum absolute atomic E-state index is 0.0754. The van der Waals surface area contributed by atoms with E-state index in [1.807, 2.05) is 0 Å². The number of carbonyl (C=O) groups is 1. The van der Waals surface area contributed by atoms with Gasteiger partial charge in [-0.15, -0.1) is 11.3 Å². The standard InChI is InChI=1S/C12H16ClNO4S2/c13-20(16,17)12-2-1-10(19-12)7-11(15)14-8-9-3-5-18-6-4-9/h1-2,9H,3-8H2,(H,14,15). The number of thiophene rings is 1. The SMILES string of the molecule is O=C(Cc1ccc(S(=O)(=O)Cl)s1)NCC1CCOCC1. The molecule has 0 aliphatic carbocycles. The van der Waals surface area contributed by atoms with Crippen molar-refractivity contribution in [1.82, 2.24) is 5.32 Å². The molecule has 1 fully saturated rings. The molecule has 1 N–H and O–H groups in total. The van der Waals surface area contributed by atoms with Gasteiger partial charge in [-0.25, -0.2) is 8.42 Å². The molecule has 1 amide bonds. The second-order valence-electron chi connectivity index (χ2n) is 4.70. The van der Waals surface area contributed by atoms with E-state index < -0.39 is 9.05 Å². The highest BCUT2D eigenvalue weighted by Gasteiger charge is 2.17. The molecule has 1 aliphatic heterocycles. The number of amides is 1. The lowest BCUT2D eigenvalue weighted by atomic mass is 10.0. The average Bonchev–Trinajstić information content (AvgIpc) is 2.86. The highest BCUT2D eigenvalue weighted by atomic mass is 35.7. The van der Waals surface area contributed by atoms with Crippen molar-refractivity contribution < 1.29 is 17.9 Å². The first-order valence-corrected chi connectivity index (χ1v) is 9.45. The molecule has 20 heavy (non-hydrogen) atoms. The molecule has 0 atom stereocenters. The van der Waals surface area contributed by atoms with Gasteiger partial charge >= 0.3 is 0 Å². The van der Waals surface area contributed by atoms with Gasteiger partial charge in [0.25, 0.3) is 9.05 Å². The number of hydrogen-bond acceptors (Lipinski definition) is 5. The molecule has 8 heteroatoms. The van der Waals surface area contributed by atoms with Crippen LogP contribution in [0.3, 0.4) is 0 Å². The minimum atomic E-state index is -3.70. The number of halogens is 1. The largest absolute Gasteiger partial charge is 0.381 e. The Kier molecular flexibility index (Phi) is 5.42. The zero-order valence-electron chi connectivity index (χ0n) is 10.8. The van der Waals surface area contributed by atoms with Crippen LogP contribution in [0.15, 0.2) is 16.3 Å². The van der Waals surface area contributed by atoms with Crippen LogP contribution >= 0.6 is 22.0 Å². The van der Waals surface area contributed by atoms with Crippen LogP contribution in [-0.4, -0.2) is 34.1 Å². The number of rotatable bonds is 5. The predicted octanol–water partition coefficient (Wildman–Crippen LogP) is 1.76. The van der Waals surface area contributed by atoms with Crippen LogP contribution in [-0.2, 0) is 25.0 Å². The van der Waals surface area contributed by atoms with E-state index in [1.165, 1.54) is 6.07 Å². The fraction of sp³-hybridized carbons (Fsp3) is 0.583. The molecule has 0 aromatic carbocycles. The smallest absolute Gasteiger partial charge is 0.270 e. The first-order chi connectivity index (χ1) is 9.45. The molecule has 0 radical (unpaired) electrons. The van der Waals surface area contributed by atoms with Crippen LogP contribution in [0.4, 0.5) is 0 Å². The van der Waals surface area contributed by atoms with Gasteiger partial charge in [-0.1, -0.05) is 0 Å². The molecule has 1 saturated heterocycles. The molecule has 2 rings (SSSR count). The Hall–Kier alpha value is -0.630. The Balaban J connectivity index is 1.80. The van der Waals surface area contributed by atoms with Crippen LogP contribution in [0, 0.1) is 5.92 Å². The third-order valence-corrected chi connectivity index (χ3v) is 6.32. The van der Waals surface area contributed by atoms with E-state index in [0.717, 1.165) is 37.4 Å². The fourth-order valence-corrected chi connectivity index (χ4v) is 4.14. The molecule has 1 aliphatic rings. The lowest BCUT2D eigenvalue weighted by Crippen LogP contribution is -2.32. The molecule has 112 valence electrons. The van der Waals surface area contributed by atoms with E-state index in [4.69, 9.17) is 15.4 Å². The first kappa shape index (κ1) is 15.8. The van der Waals surface area contributed by atoms with Gasteiger partial charge in [0.05, 0.1) is 6.42 Å². The maximum atomic E-state index is 11.8. The van der Waals surface area contributed by atoms with Gasteiger partial charge in [0.2, 0.25) is 5.91 Å². The average molecular weight is 338 g/mol. The summed E-state index contributed by atoms with van der Waals surface area (Å²) in [5.74, 6) is 0.367. The van der Waals surface area contributed by atoms with Gasteiger partial charge in [0.1, 0.15) is 4.21 Å². The van der Waals surface area contributed by atoms with Crippen LogP contribution < -0.4 is 5.32 Å². The predicted molar refractivity (Wildman–Crippen MR) is 77.6 cm³/mol. The van der Waals surface area contributed by atoms with Crippen LogP contribution in [0.25, 0.3) is 0 Å². The van der Waals surface area contributed by atoms with Gasteiger partial charge in [-0.2, -0.15) is 0 Å². The summed E-state index contributed by atoms with van der Waals surface area (Å²) in [5, 5.41) is 2.88. The van der Waals surface area contributed by atoms with Crippen LogP contribution in [0.2, 0.25) is 0 Å². The summed E-state index contributed by atoms with van der Waals surface area (Å²) in [6.07, 6.45) is 2.11. The zero-order valence-corrected chi connectivity index (χ0v) is 13.2. The summed E-state index contributed by atoms with van der Waals surface area (Å²) < 4.78 is 27.6. The molecule has 1 aromatic heterocycles. The van der Waals surface area contributed by atoms with E-state index in [0.29, 0.717) is 17.3 Å². The van der Waals surface area contributed by atoms with Crippen molar-refractivity contribution in [3.8, 4) is 0 Å². The zero-order chi connectivity index (χ0) is 14.6. The van der Waals surface area contributed by atoms with Crippen molar-refractivity contribution in [3.63, 3.8) is 0 Å². The van der Waals surface area contributed by atoms with E-state index in [2.05, 4.69) is 5.32 Å². The Labute approximate surface area is 126 Å². The van der Waals surface area contributed by atoms with Crippen molar-refractivity contribution in [2.45, 2.75) is 23.5 Å².